The molecule has 0 aromatic heterocycles. The minimum absolute atomic E-state index is 0.757. The van der Waals surface area contributed by atoms with Crippen molar-refractivity contribution in [2.45, 2.75) is 0 Å². The number of benzene rings is 2. The summed E-state index contributed by atoms with van der Waals surface area (Å²) >= 11 is 14.6. The van der Waals surface area contributed by atoms with Crippen molar-refractivity contribution in [3.05, 3.63) is 69.7 Å². The van der Waals surface area contributed by atoms with E-state index >= 15 is 0 Å². The Kier molecular flexibility index (Phi) is 7.60. The molecule has 0 amide bonds. The van der Waals surface area contributed by atoms with E-state index in [9.17, 15) is 0 Å². The Morgan fingerprint density at radius 1 is 0.714 bits per heavy atom. The second-order valence-corrected chi connectivity index (χ2v) is 8.48. The summed E-state index contributed by atoms with van der Waals surface area (Å²) in [6.07, 6.45) is 0. The zero-order valence-corrected chi connectivity index (χ0v) is 18.9. The van der Waals surface area contributed by atoms with E-state index < -0.39 is 0 Å². The van der Waals surface area contributed by atoms with Crippen LogP contribution in [0.4, 0.5) is 0 Å². The fourth-order valence-corrected chi connectivity index (χ4v) is 4.19. The van der Waals surface area contributed by atoms with Crippen molar-refractivity contribution in [3.8, 4) is 0 Å². The van der Waals surface area contributed by atoms with Crippen LogP contribution < -0.4 is 10.2 Å². The molecule has 0 saturated carbocycles. The van der Waals surface area contributed by atoms with Crippen molar-refractivity contribution in [1.82, 2.24) is 10.2 Å². The van der Waals surface area contributed by atoms with Crippen LogP contribution in [0.1, 0.15) is 11.1 Å². The van der Waals surface area contributed by atoms with Gasteiger partial charge in [0.1, 0.15) is 0 Å². The van der Waals surface area contributed by atoms with Gasteiger partial charge in [-0.3, -0.25) is 0 Å². The summed E-state index contributed by atoms with van der Waals surface area (Å²) in [7, 11) is 0.955. The van der Waals surface area contributed by atoms with E-state index in [-0.39, 0.29) is 0 Å². The minimum atomic E-state index is 0.757. The van der Waals surface area contributed by atoms with Gasteiger partial charge in [-0.2, -0.15) is 0 Å². The summed E-state index contributed by atoms with van der Waals surface area (Å²) in [6, 6.07) is 15.7. The van der Waals surface area contributed by atoms with E-state index in [0.29, 0.717) is 0 Å². The summed E-state index contributed by atoms with van der Waals surface area (Å²) in [5.41, 5.74) is 2.33. The van der Waals surface area contributed by atoms with Crippen LogP contribution in [0, 0.1) is 0 Å². The van der Waals surface area contributed by atoms with Crippen molar-refractivity contribution >= 4 is 40.1 Å². The van der Waals surface area contributed by atoms with Gasteiger partial charge in [0, 0.05) is 0 Å². The Labute approximate surface area is 157 Å². The molecule has 107 valence electrons. The monoisotopic (exact) mass is 675 g/mol. The second-order valence-electron chi connectivity index (χ2n) is 4.01. The van der Waals surface area contributed by atoms with Crippen molar-refractivity contribution in [2.24, 2.45) is 0 Å². The molecule has 2 N–H and O–H groups in total. The number of hydrogen-bond donors (Lipinski definition) is 2. The predicted molar refractivity (Wildman–Crippen MR) is 84.3 cm³/mol. The van der Waals surface area contributed by atoms with Gasteiger partial charge in [0.25, 0.3) is 0 Å². The van der Waals surface area contributed by atoms with Gasteiger partial charge in [-0.1, -0.05) is 0 Å². The Hall–Kier alpha value is 0.487. The maximum absolute atomic E-state index is 5.89. The number of halogens is 2. The molecule has 2 nitrogen and oxygen atoms in total. The molecule has 0 aliphatic heterocycles. The fourth-order valence-electron chi connectivity index (χ4n) is 1.46. The van der Waals surface area contributed by atoms with Gasteiger partial charge in [-0.15, -0.1) is 0 Å². The van der Waals surface area contributed by atoms with Crippen LogP contribution in [0.5, 0.6) is 0 Å². The summed E-state index contributed by atoms with van der Waals surface area (Å²) in [5.74, 6) is 0. The number of hydrogen-bond acceptors (Lipinski definition) is 2. The van der Waals surface area contributed by atoms with Crippen LogP contribution in [0.3, 0.4) is 0 Å². The van der Waals surface area contributed by atoms with Gasteiger partial charge in [0.2, 0.25) is 0 Å². The van der Waals surface area contributed by atoms with Crippen LogP contribution >= 0.6 is 32.1 Å². The third-order valence-electron chi connectivity index (χ3n) is 2.53. The molecule has 2 aromatic carbocycles. The van der Waals surface area contributed by atoms with Crippen LogP contribution in [0.25, 0.3) is 0 Å². The normalized spacial score (nSPS) is 10.4. The van der Waals surface area contributed by atoms with Gasteiger partial charge in [-0.05, 0) is 0 Å². The number of rotatable bonds is 6. The fraction of sp³-hybridized carbons (Fsp3) is 0. The van der Waals surface area contributed by atoms with Crippen LogP contribution in [0.2, 0.25) is 10.0 Å². The first kappa shape index (κ1) is 17.8. The first-order chi connectivity index (χ1) is 10.1. The summed E-state index contributed by atoms with van der Waals surface area (Å²) in [4.78, 5) is 0. The molecular formula is C14H10Cl2N2PW2. The topological polar surface area (TPSA) is 24.1 Å². The molecule has 0 spiro atoms. The van der Waals surface area contributed by atoms with Crippen LogP contribution in [-0.4, -0.2) is 8.04 Å². The Bertz CT molecular complexity index is 588. The molecule has 1 radical (unpaired) electrons. The van der Waals surface area contributed by atoms with Crippen molar-refractivity contribution in [1.29, 1.82) is 0 Å². The van der Waals surface area contributed by atoms with Gasteiger partial charge in [0.05, 0.1) is 0 Å². The zero-order chi connectivity index (χ0) is 15.2. The third kappa shape index (κ3) is 5.89. The Balaban J connectivity index is 1.83. The van der Waals surface area contributed by atoms with Crippen LogP contribution in [0.15, 0.2) is 48.5 Å². The zero-order valence-electron chi connectivity index (χ0n) is 10.6. The molecule has 21 heavy (non-hydrogen) atoms. The molecule has 0 aliphatic rings. The average molecular weight is 676 g/mol. The first-order valence-electron chi connectivity index (χ1n) is 5.88. The van der Waals surface area contributed by atoms with E-state index in [2.05, 4.69) is 10.2 Å². The number of nitrogens with one attached hydrogen (secondary N) is 2. The van der Waals surface area contributed by atoms with Crippen molar-refractivity contribution in [3.63, 3.8) is 0 Å². The molecule has 2 rings (SSSR count). The van der Waals surface area contributed by atoms with Gasteiger partial charge in [0.15, 0.2) is 0 Å². The predicted octanol–water partition coefficient (Wildman–Crippen LogP) is 3.70. The van der Waals surface area contributed by atoms with Crippen molar-refractivity contribution in [2.75, 3.05) is 0 Å². The van der Waals surface area contributed by atoms with Crippen molar-refractivity contribution < 1.29 is 38.7 Å². The van der Waals surface area contributed by atoms with E-state index in [1.54, 1.807) is 0 Å². The SMILES string of the molecule is Clc1ccc([C](=[W])N[P]N[C](=[W])c2ccc(Cl)cc2)cc1. The Morgan fingerprint density at radius 2 is 1.05 bits per heavy atom. The second kappa shape index (κ2) is 8.95. The molecular weight excluding hydrogens is 666 g/mol. The first-order valence-corrected chi connectivity index (χ1v) is 10.5. The van der Waals surface area contributed by atoms with E-state index in [0.717, 1.165) is 18.9 Å². The molecule has 0 bridgehead atoms. The third-order valence-corrected chi connectivity index (χ3v) is 7.32. The van der Waals surface area contributed by atoms with Gasteiger partial charge < -0.3 is 0 Å². The van der Waals surface area contributed by atoms with E-state index in [1.807, 2.05) is 48.5 Å². The molecule has 7 heteroatoms. The van der Waals surface area contributed by atoms with Crippen LogP contribution in [-0.2, 0) is 38.7 Å². The molecule has 0 aliphatic carbocycles. The molecule has 0 unspecified atom stereocenters. The standard InChI is InChI=1S/C14H10Cl2N2P.2W/c15-13-5-1-11(2-6-13)9-17-19-18-10-12-3-7-14(16)8-4-12;;/h1-8,17-18H;;. The maximum atomic E-state index is 5.89. The average Bonchev–Trinajstić information content (AvgIpc) is 2.48. The van der Waals surface area contributed by atoms with E-state index in [1.165, 1.54) is 57.9 Å². The van der Waals surface area contributed by atoms with Gasteiger partial charge >= 0.3 is 159 Å². The summed E-state index contributed by atoms with van der Waals surface area (Å²) in [5, 5.41) is 8.25. The quantitative estimate of drug-likeness (QED) is 0.457. The molecule has 2 aromatic rings. The van der Waals surface area contributed by atoms with Gasteiger partial charge in [-0.25, -0.2) is 0 Å². The van der Waals surface area contributed by atoms with E-state index in [4.69, 9.17) is 23.2 Å². The Morgan fingerprint density at radius 3 is 1.38 bits per heavy atom. The molecule has 0 saturated heterocycles. The molecule has 0 fully saturated rings. The summed E-state index contributed by atoms with van der Waals surface area (Å²) in [6.45, 7) is 0. The molecule has 0 heterocycles. The summed E-state index contributed by atoms with van der Waals surface area (Å²) < 4.78 is 2.36. The molecule has 0 atom stereocenters.